The van der Waals surface area contributed by atoms with Crippen molar-refractivity contribution in [2.75, 3.05) is 21.0 Å². The maximum atomic E-state index is 11.9. The van der Waals surface area contributed by atoms with E-state index < -0.39 is 0 Å². The fourth-order valence-corrected chi connectivity index (χ4v) is 2.01. The smallest absolute Gasteiger partial charge is 0.231 e. The fraction of sp³-hybridized carbons (Fsp3) is 0.250. The molecule has 0 aliphatic carbocycles. The van der Waals surface area contributed by atoms with Gasteiger partial charge in [-0.1, -0.05) is 0 Å². The Labute approximate surface area is 102 Å². The second kappa shape index (κ2) is 3.83. The van der Waals surface area contributed by atoms with Crippen molar-refractivity contribution in [1.82, 2.24) is 0 Å². The molecule has 0 amide bonds. The van der Waals surface area contributed by atoms with Crippen LogP contribution in [0.1, 0.15) is 0 Å². The highest BCUT2D eigenvalue weighted by molar-refractivity contribution is 5.94. The van der Waals surface area contributed by atoms with Crippen molar-refractivity contribution in [1.29, 1.82) is 0 Å². The first kappa shape index (κ1) is 10.8. The monoisotopic (exact) mass is 250 g/mol. The summed E-state index contributed by atoms with van der Waals surface area (Å²) in [6.45, 7) is 0.0482. The average Bonchev–Trinajstić information content (AvgIpc) is 2.85. The maximum Gasteiger partial charge on any atom is 0.231 e. The number of hydrogen-bond acceptors (Lipinski definition) is 6. The largest absolute Gasteiger partial charge is 0.492 e. The van der Waals surface area contributed by atoms with Gasteiger partial charge in [-0.25, -0.2) is 0 Å². The Morgan fingerprint density at radius 3 is 2.44 bits per heavy atom. The van der Waals surface area contributed by atoms with E-state index in [4.69, 9.17) is 23.4 Å². The molecule has 2 aromatic rings. The molecule has 6 heteroatoms. The Morgan fingerprint density at radius 2 is 1.78 bits per heavy atom. The normalized spacial score (nSPS) is 12.8. The van der Waals surface area contributed by atoms with E-state index in [1.807, 2.05) is 0 Å². The van der Waals surface area contributed by atoms with Gasteiger partial charge in [0.15, 0.2) is 16.8 Å². The summed E-state index contributed by atoms with van der Waals surface area (Å²) >= 11 is 0. The van der Waals surface area contributed by atoms with E-state index in [0.29, 0.717) is 23.0 Å². The summed E-state index contributed by atoms with van der Waals surface area (Å²) in [6.07, 6.45) is 1.30. The summed E-state index contributed by atoms with van der Waals surface area (Å²) in [5.41, 5.74) is 0.0517. The zero-order valence-electron chi connectivity index (χ0n) is 9.81. The van der Waals surface area contributed by atoms with Gasteiger partial charge in [0.2, 0.25) is 24.0 Å². The van der Waals surface area contributed by atoms with Crippen LogP contribution in [-0.2, 0) is 0 Å². The van der Waals surface area contributed by atoms with Crippen LogP contribution in [-0.4, -0.2) is 21.0 Å². The molecule has 1 aromatic heterocycles. The molecular formula is C12H10O6. The lowest BCUT2D eigenvalue weighted by Gasteiger charge is -2.11. The molecule has 18 heavy (non-hydrogen) atoms. The standard InChI is InChI=1S/C12H10O6/c1-14-8-7-6(13)3-4-16-9(7)10(15-2)12-11(8)17-5-18-12/h3-4H,5H2,1-2H3. The van der Waals surface area contributed by atoms with Gasteiger partial charge in [0.25, 0.3) is 0 Å². The van der Waals surface area contributed by atoms with Crippen molar-refractivity contribution in [3.8, 4) is 23.0 Å². The van der Waals surface area contributed by atoms with Gasteiger partial charge in [-0.2, -0.15) is 0 Å². The Bertz CT molecular complexity index is 672. The molecule has 0 atom stereocenters. The summed E-state index contributed by atoms with van der Waals surface area (Å²) in [6, 6.07) is 1.31. The molecule has 0 N–H and O–H groups in total. The summed E-state index contributed by atoms with van der Waals surface area (Å²) in [5.74, 6) is 1.38. The van der Waals surface area contributed by atoms with E-state index >= 15 is 0 Å². The predicted molar refractivity (Wildman–Crippen MR) is 61.7 cm³/mol. The molecule has 0 bridgehead atoms. The first-order valence-electron chi connectivity index (χ1n) is 5.23. The van der Waals surface area contributed by atoms with Crippen LogP contribution < -0.4 is 24.4 Å². The van der Waals surface area contributed by atoms with Crippen LogP contribution in [0, 0.1) is 0 Å². The van der Waals surface area contributed by atoms with Crippen LogP contribution in [0.4, 0.5) is 0 Å². The SMILES string of the molecule is COc1c2c(c(OC)c3c(=O)ccoc13)OCO2. The zero-order chi connectivity index (χ0) is 12.7. The Hall–Kier alpha value is -2.37. The van der Waals surface area contributed by atoms with Crippen molar-refractivity contribution in [3.05, 3.63) is 22.6 Å². The van der Waals surface area contributed by atoms with Gasteiger partial charge in [-0.15, -0.1) is 0 Å². The molecule has 2 heterocycles. The molecule has 0 radical (unpaired) electrons. The number of hydrogen-bond donors (Lipinski definition) is 0. The third-order valence-electron chi connectivity index (χ3n) is 2.75. The highest BCUT2D eigenvalue weighted by atomic mass is 16.7. The molecule has 1 aliphatic rings. The van der Waals surface area contributed by atoms with Crippen molar-refractivity contribution in [3.63, 3.8) is 0 Å². The van der Waals surface area contributed by atoms with Crippen molar-refractivity contribution >= 4 is 11.0 Å². The van der Waals surface area contributed by atoms with Crippen LogP contribution in [0.15, 0.2) is 21.5 Å². The van der Waals surface area contributed by atoms with Crippen LogP contribution in [0.2, 0.25) is 0 Å². The lowest BCUT2D eigenvalue weighted by Crippen LogP contribution is -2.03. The van der Waals surface area contributed by atoms with E-state index in [9.17, 15) is 4.79 Å². The molecule has 0 fully saturated rings. The molecule has 0 saturated heterocycles. The number of rotatable bonds is 2. The van der Waals surface area contributed by atoms with Crippen molar-refractivity contribution in [2.24, 2.45) is 0 Å². The van der Waals surface area contributed by atoms with Crippen LogP contribution in [0.5, 0.6) is 23.0 Å². The van der Waals surface area contributed by atoms with Gasteiger partial charge in [0.05, 0.1) is 20.5 Å². The van der Waals surface area contributed by atoms with E-state index in [2.05, 4.69) is 0 Å². The minimum Gasteiger partial charge on any atom is -0.492 e. The summed E-state index contributed by atoms with van der Waals surface area (Å²) < 4.78 is 26.4. The molecule has 94 valence electrons. The van der Waals surface area contributed by atoms with Gasteiger partial charge >= 0.3 is 0 Å². The van der Waals surface area contributed by atoms with E-state index in [1.165, 1.54) is 26.5 Å². The van der Waals surface area contributed by atoms with E-state index in [1.54, 1.807) is 0 Å². The van der Waals surface area contributed by atoms with Gasteiger partial charge in [0.1, 0.15) is 5.39 Å². The summed E-state index contributed by atoms with van der Waals surface area (Å²) in [7, 11) is 2.92. The maximum absolute atomic E-state index is 11.9. The lowest BCUT2D eigenvalue weighted by molar-refractivity contribution is 0.169. The molecule has 0 saturated carbocycles. The highest BCUT2D eigenvalue weighted by Crippen LogP contribution is 2.52. The topological polar surface area (TPSA) is 67.1 Å². The van der Waals surface area contributed by atoms with Gasteiger partial charge in [-0.3, -0.25) is 4.79 Å². The molecule has 6 nitrogen and oxygen atoms in total. The molecule has 0 unspecified atom stereocenters. The molecule has 0 spiro atoms. The molecule has 1 aromatic carbocycles. The second-order valence-corrected chi connectivity index (χ2v) is 3.62. The third kappa shape index (κ3) is 1.25. The second-order valence-electron chi connectivity index (χ2n) is 3.62. The zero-order valence-corrected chi connectivity index (χ0v) is 9.81. The van der Waals surface area contributed by atoms with Crippen molar-refractivity contribution in [2.45, 2.75) is 0 Å². The minimum atomic E-state index is -0.232. The van der Waals surface area contributed by atoms with Gasteiger partial charge < -0.3 is 23.4 Å². The predicted octanol–water partition coefficient (Wildman–Crippen LogP) is 1.54. The van der Waals surface area contributed by atoms with Crippen LogP contribution in [0.25, 0.3) is 11.0 Å². The fourth-order valence-electron chi connectivity index (χ4n) is 2.01. The Kier molecular flexibility index (Phi) is 2.29. The van der Waals surface area contributed by atoms with Gasteiger partial charge in [0, 0.05) is 6.07 Å². The highest BCUT2D eigenvalue weighted by Gasteiger charge is 2.30. The van der Waals surface area contributed by atoms with Crippen LogP contribution in [0.3, 0.4) is 0 Å². The quantitative estimate of drug-likeness (QED) is 0.805. The van der Waals surface area contributed by atoms with E-state index in [0.717, 1.165) is 0 Å². The van der Waals surface area contributed by atoms with Crippen LogP contribution >= 0.6 is 0 Å². The first-order chi connectivity index (χ1) is 8.77. The Morgan fingerprint density at radius 1 is 1.11 bits per heavy atom. The number of benzene rings is 1. The number of fused-ring (bicyclic) bond motifs is 2. The summed E-state index contributed by atoms with van der Waals surface area (Å²) in [5, 5.41) is 0.279. The van der Waals surface area contributed by atoms with E-state index in [-0.39, 0.29) is 23.2 Å². The minimum absolute atomic E-state index is 0.0482. The molecular weight excluding hydrogens is 240 g/mol. The summed E-state index contributed by atoms with van der Waals surface area (Å²) in [4.78, 5) is 11.9. The van der Waals surface area contributed by atoms with Gasteiger partial charge in [-0.05, 0) is 0 Å². The molecule has 1 aliphatic heterocycles. The lowest BCUT2D eigenvalue weighted by atomic mass is 10.1. The first-order valence-corrected chi connectivity index (χ1v) is 5.23. The number of methoxy groups -OCH3 is 2. The average molecular weight is 250 g/mol. The number of ether oxygens (including phenoxy) is 4. The Balaban J connectivity index is 2.55. The third-order valence-corrected chi connectivity index (χ3v) is 2.75. The molecule has 3 rings (SSSR count). The van der Waals surface area contributed by atoms with Crippen molar-refractivity contribution < 1.29 is 23.4 Å².